The van der Waals surface area contributed by atoms with Crippen molar-refractivity contribution in [3.8, 4) is 5.75 Å². The van der Waals surface area contributed by atoms with Crippen molar-refractivity contribution in [3.63, 3.8) is 0 Å². The summed E-state index contributed by atoms with van der Waals surface area (Å²) in [5.74, 6) is 0.476. The number of ether oxygens (including phenoxy) is 2. The Kier molecular flexibility index (Phi) is 6.45. The average Bonchev–Trinajstić information content (AvgIpc) is 2.68. The Morgan fingerprint density at radius 3 is 2.23 bits per heavy atom. The third-order valence-corrected chi connectivity index (χ3v) is 7.70. The molecule has 0 amide bonds. The molecule has 0 unspecified atom stereocenters. The molecule has 0 bridgehead atoms. The van der Waals surface area contributed by atoms with E-state index in [-0.39, 0.29) is 4.90 Å². The molecule has 2 fully saturated rings. The molecule has 2 saturated heterocycles. The van der Waals surface area contributed by atoms with Crippen LogP contribution >= 0.6 is 11.6 Å². The second-order valence-corrected chi connectivity index (χ2v) is 9.25. The van der Waals surface area contributed by atoms with Crippen molar-refractivity contribution >= 4 is 21.6 Å². The molecule has 0 radical (unpaired) electrons. The van der Waals surface area contributed by atoms with Crippen LogP contribution in [0.3, 0.4) is 0 Å². The van der Waals surface area contributed by atoms with Crippen molar-refractivity contribution in [1.29, 1.82) is 0 Å². The van der Waals surface area contributed by atoms with Gasteiger partial charge in [0.25, 0.3) is 0 Å². The molecule has 0 aromatic heterocycles. The molecule has 1 aromatic carbocycles. The number of halogens is 1. The van der Waals surface area contributed by atoms with Gasteiger partial charge in [-0.25, -0.2) is 8.42 Å². The Hall–Kier alpha value is -0.860. The van der Waals surface area contributed by atoms with Gasteiger partial charge in [-0.15, -0.1) is 0 Å². The summed E-state index contributed by atoms with van der Waals surface area (Å²) < 4.78 is 37.9. The molecule has 0 spiro atoms. The molecule has 2 aliphatic rings. The number of rotatable bonds is 5. The standard InChI is InChI=1S/C18H27ClN2O4S/c1-24-15-7-9-20(10-8-15)14-5-11-21(12-6-14)26(22,23)16-3-4-18(25-2)17(19)13-16/h3-4,13-15H,5-12H2,1-2H3. The first-order valence-corrected chi connectivity index (χ1v) is 10.9. The number of nitrogens with zero attached hydrogens (tertiary/aromatic N) is 2. The summed E-state index contributed by atoms with van der Waals surface area (Å²) in [5.41, 5.74) is 0. The zero-order valence-corrected chi connectivity index (χ0v) is 16.9. The maximum Gasteiger partial charge on any atom is 0.243 e. The minimum atomic E-state index is -3.52. The van der Waals surface area contributed by atoms with Crippen molar-refractivity contribution in [1.82, 2.24) is 9.21 Å². The van der Waals surface area contributed by atoms with E-state index in [2.05, 4.69) is 4.90 Å². The molecule has 0 atom stereocenters. The number of hydrogen-bond donors (Lipinski definition) is 0. The first-order chi connectivity index (χ1) is 12.5. The summed E-state index contributed by atoms with van der Waals surface area (Å²) in [6.07, 6.45) is 4.20. The van der Waals surface area contributed by atoms with Crippen molar-refractivity contribution in [2.24, 2.45) is 0 Å². The molecule has 0 N–H and O–H groups in total. The lowest BCUT2D eigenvalue weighted by atomic mass is 10.00. The van der Waals surface area contributed by atoms with Crippen LogP contribution in [0, 0.1) is 0 Å². The zero-order chi connectivity index (χ0) is 18.7. The van der Waals surface area contributed by atoms with Gasteiger partial charge in [-0.2, -0.15) is 4.31 Å². The second kappa shape index (κ2) is 8.44. The van der Waals surface area contributed by atoms with Gasteiger partial charge in [0.2, 0.25) is 10.0 Å². The van der Waals surface area contributed by atoms with Crippen LogP contribution in [-0.4, -0.2) is 70.2 Å². The van der Waals surface area contributed by atoms with Gasteiger partial charge >= 0.3 is 0 Å². The predicted molar refractivity (Wildman–Crippen MR) is 101 cm³/mol. The van der Waals surface area contributed by atoms with Crippen LogP contribution in [0.25, 0.3) is 0 Å². The number of piperidine rings is 2. The summed E-state index contributed by atoms with van der Waals surface area (Å²) >= 11 is 6.10. The number of hydrogen-bond acceptors (Lipinski definition) is 5. The van der Waals surface area contributed by atoms with Crippen LogP contribution in [-0.2, 0) is 14.8 Å². The highest BCUT2D eigenvalue weighted by atomic mass is 35.5. The van der Waals surface area contributed by atoms with Crippen molar-refractivity contribution in [2.75, 3.05) is 40.4 Å². The molecule has 0 saturated carbocycles. The van der Waals surface area contributed by atoms with Crippen molar-refractivity contribution < 1.29 is 17.9 Å². The number of likely N-dealkylation sites (tertiary alicyclic amines) is 1. The normalized spacial score (nSPS) is 21.8. The van der Waals surface area contributed by atoms with E-state index in [1.807, 2.05) is 0 Å². The summed E-state index contributed by atoms with van der Waals surface area (Å²) in [7, 11) is -0.239. The van der Waals surface area contributed by atoms with Crippen LogP contribution in [0.2, 0.25) is 5.02 Å². The van der Waals surface area contributed by atoms with E-state index in [0.29, 0.717) is 36.0 Å². The van der Waals surface area contributed by atoms with Gasteiger partial charge in [0.05, 0.1) is 23.1 Å². The number of methoxy groups -OCH3 is 2. The SMILES string of the molecule is COc1ccc(S(=O)(=O)N2CCC(N3CCC(OC)CC3)CC2)cc1Cl. The summed E-state index contributed by atoms with van der Waals surface area (Å²) in [5, 5.41) is 0.310. The van der Waals surface area contributed by atoms with Gasteiger partial charge < -0.3 is 14.4 Å². The Morgan fingerprint density at radius 2 is 1.69 bits per heavy atom. The Balaban J connectivity index is 1.61. The summed E-state index contributed by atoms with van der Waals surface area (Å²) in [4.78, 5) is 2.71. The quantitative estimate of drug-likeness (QED) is 0.757. The first kappa shape index (κ1) is 19.9. The molecule has 26 heavy (non-hydrogen) atoms. The molecule has 2 aliphatic heterocycles. The van der Waals surface area contributed by atoms with E-state index in [4.69, 9.17) is 21.1 Å². The third-order valence-electron chi connectivity index (χ3n) is 5.51. The van der Waals surface area contributed by atoms with E-state index < -0.39 is 10.0 Å². The van der Waals surface area contributed by atoms with Gasteiger partial charge in [-0.3, -0.25) is 0 Å². The molecule has 6 nitrogen and oxygen atoms in total. The highest BCUT2D eigenvalue weighted by Gasteiger charge is 2.33. The van der Waals surface area contributed by atoms with E-state index in [1.165, 1.54) is 13.2 Å². The van der Waals surface area contributed by atoms with Gasteiger partial charge in [0, 0.05) is 39.3 Å². The van der Waals surface area contributed by atoms with Gasteiger partial charge in [0.15, 0.2) is 0 Å². The maximum absolute atomic E-state index is 12.9. The minimum Gasteiger partial charge on any atom is -0.495 e. The van der Waals surface area contributed by atoms with Crippen LogP contribution in [0.1, 0.15) is 25.7 Å². The molecule has 0 aliphatic carbocycles. The lowest BCUT2D eigenvalue weighted by molar-refractivity contribution is 0.0190. The van der Waals surface area contributed by atoms with Gasteiger partial charge in [-0.05, 0) is 43.9 Å². The molecule has 1 aromatic rings. The second-order valence-electron chi connectivity index (χ2n) is 6.90. The Bertz CT molecular complexity index is 712. The molecule has 3 rings (SSSR count). The molecule has 8 heteroatoms. The first-order valence-electron chi connectivity index (χ1n) is 9.06. The predicted octanol–water partition coefficient (Wildman–Crippen LogP) is 2.61. The zero-order valence-electron chi connectivity index (χ0n) is 15.4. The molecule has 146 valence electrons. The van der Waals surface area contributed by atoms with Gasteiger partial charge in [-0.1, -0.05) is 11.6 Å². The number of sulfonamides is 1. The smallest absolute Gasteiger partial charge is 0.243 e. The maximum atomic E-state index is 12.9. The lowest BCUT2D eigenvalue weighted by Crippen LogP contribution is -2.49. The fourth-order valence-corrected chi connectivity index (χ4v) is 5.70. The van der Waals surface area contributed by atoms with Crippen LogP contribution in [0.5, 0.6) is 5.75 Å². The van der Waals surface area contributed by atoms with E-state index in [0.717, 1.165) is 38.8 Å². The van der Waals surface area contributed by atoms with Crippen LogP contribution in [0.15, 0.2) is 23.1 Å². The number of benzene rings is 1. The molecular formula is C18H27ClN2O4S. The van der Waals surface area contributed by atoms with E-state index in [9.17, 15) is 8.42 Å². The molecule has 2 heterocycles. The van der Waals surface area contributed by atoms with Crippen LogP contribution in [0.4, 0.5) is 0 Å². The largest absolute Gasteiger partial charge is 0.495 e. The Labute approximate surface area is 161 Å². The average molecular weight is 403 g/mol. The fourth-order valence-electron chi connectivity index (χ4n) is 3.88. The van der Waals surface area contributed by atoms with Crippen molar-refractivity contribution in [2.45, 2.75) is 42.7 Å². The highest BCUT2D eigenvalue weighted by molar-refractivity contribution is 7.89. The highest BCUT2D eigenvalue weighted by Crippen LogP contribution is 2.30. The van der Waals surface area contributed by atoms with Gasteiger partial charge in [0.1, 0.15) is 5.75 Å². The molecular weight excluding hydrogens is 376 g/mol. The summed E-state index contributed by atoms with van der Waals surface area (Å²) in [6, 6.07) is 5.08. The summed E-state index contributed by atoms with van der Waals surface area (Å²) in [6.45, 7) is 3.15. The van der Waals surface area contributed by atoms with E-state index >= 15 is 0 Å². The van der Waals surface area contributed by atoms with E-state index in [1.54, 1.807) is 23.5 Å². The third kappa shape index (κ3) is 4.17. The Morgan fingerprint density at radius 1 is 1.04 bits per heavy atom. The van der Waals surface area contributed by atoms with Crippen molar-refractivity contribution in [3.05, 3.63) is 23.2 Å². The lowest BCUT2D eigenvalue weighted by Gasteiger charge is -2.41. The van der Waals surface area contributed by atoms with Crippen LogP contribution < -0.4 is 4.74 Å². The minimum absolute atomic E-state index is 0.225. The topological polar surface area (TPSA) is 59.1 Å². The fraction of sp³-hybridized carbons (Fsp3) is 0.667. The monoisotopic (exact) mass is 402 g/mol.